The van der Waals surface area contributed by atoms with E-state index in [1.165, 1.54) is 6.33 Å². The zero-order valence-electron chi connectivity index (χ0n) is 17.3. The first kappa shape index (κ1) is 21.7. The Kier molecular flexibility index (Phi) is 7.49. The number of anilines is 1. The van der Waals surface area contributed by atoms with Crippen molar-refractivity contribution in [3.05, 3.63) is 72.8 Å². The van der Waals surface area contributed by atoms with Crippen LogP contribution >= 0.6 is 0 Å². The number of hydrogen-bond acceptors (Lipinski definition) is 5. The van der Waals surface area contributed by atoms with Crippen molar-refractivity contribution in [1.29, 1.82) is 5.26 Å². The third kappa shape index (κ3) is 6.00. The van der Waals surface area contributed by atoms with Crippen LogP contribution in [0.2, 0.25) is 0 Å². The Hall–Kier alpha value is -3.99. The molecular formula is C23H24N6O2. The normalized spacial score (nSPS) is 11.4. The fraction of sp³-hybridized carbons (Fsp3) is 0.261. The number of para-hydroxylation sites is 1. The van der Waals surface area contributed by atoms with Gasteiger partial charge in [0.15, 0.2) is 0 Å². The summed E-state index contributed by atoms with van der Waals surface area (Å²) in [5.41, 5.74) is 2.55. The van der Waals surface area contributed by atoms with Crippen LogP contribution in [0, 0.1) is 11.3 Å². The molecule has 1 atom stereocenters. The van der Waals surface area contributed by atoms with E-state index in [9.17, 15) is 9.59 Å². The molecule has 31 heavy (non-hydrogen) atoms. The molecule has 3 aromatic rings. The maximum Gasteiger partial charge on any atom is 0.227 e. The Morgan fingerprint density at radius 1 is 1.13 bits per heavy atom. The highest BCUT2D eigenvalue weighted by Gasteiger charge is 2.17. The summed E-state index contributed by atoms with van der Waals surface area (Å²) in [5, 5.41) is 15.9. The van der Waals surface area contributed by atoms with Crippen LogP contribution in [-0.4, -0.2) is 33.1 Å². The molecule has 0 bridgehead atoms. The van der Waals surface area contributed by atoms with E-state index in [4.69, 9.17) is 5.26 Å². The molecule has 1 N–H and O–H groups in total. The lowest BCUT2D eigenvalue weighted by atomic mass is 10.1. The van der Waals surface area contributed by atoms with Crippen LogP contribution in [0.1, 0.15) is 37.8 Å². The van der Waals surface area contributed by atoms with E-state index in [1.807, 2.05) is 61.5 Å². The number of nitrogens with zero attached hydrogens (tertiary/aromatic N) is 5. The van der Waals surface area contributed by atoms with E-state index < -0.39 is 0 Å². The molecule has 3 rings (SSSR count). The third-order valence-corrected chi connectivity index (χ3v) is 4.84. The lowest BCUT2D eigenvalue weighted by molar-refractivity contribution is -0.125. The molecule has 2 amide bonds. The number of hydrogen-bond donors (Lipinski definition) is 1. The van der Waals surface area contributed by atoms with Crippen molar-refractivity contribution in [2.45, 2.75) is 32.2 Å². The second-order valence-corrected chi connectivity index (χ2v) is 7.01. The fourth-order valence-corrected chi connectivity index (χ4v) is 3.18. The summed E-state index contributed by atoms with van der Waals surface area (Å²) < 4.78 is 1.66. The molecule has 1 aromatic heterocycles. The van der Waals surface area contributed by atoms with Crippen molar-refractivity contribution in [3.63, 3.8) is 0 Å². The van der Waals surface area contributed by atoms with Crippen molar-refractivity contribution in [3.8, 4) is 11.8 Å². The Morgan fingerprint density at radius 3 is 2.52 bits per heavy atom. The zero-order valence-corrected chi connectivity index (χ0v) is 17.3. The van der Waals surface area contributed by atoms with Crippen LogP contribution in [0.4, 0.5) is 5.69 Å². The van der Waals surface area contributed by atoms with E-state index in [1.54, 1.807) is 15.9 Å². The molecule has 1 unspecified atom stereocenters. The largest absolute Gasteiger partial charge is 0.350 e. The molecular weight excluding hydrogens is 392 g/mol. The van der Waals surface area contributed by atoms with Gasteiger partial charge in [-0.2, -0.15) is 10.4 Å². The lowest BCUT2D eigenvalue weighted by Crippen LogP contribution is -2.33. The van der Waals surface area contributed by atoms with E-state index in [2.05, 4.69) is 21.5 Å². The van der Waals surface area contributed by atoms with Crippen molar-refractivity contribution in [2.24, 2.45) is 0 Å². The first-order valence-electron chi connectivity index (χ1n) is 10.0. The number of carbonyl (C=O) groups is 2. The number of nitrogens with one attached hydrogen (secondary N) is 1. The molecule has 0 aliphatic heterocycles. The highest BCUT2D eigenvalue weighted by Crippen LogP contribution is 2.17. The van der Waals surface area contributed by atoms with E-state index in [0.29, 0.717) is 6.54 Å². The van der Waals surface area contributed by atoms with E-state index in [-0.39, 0.29) is 37.1 Å². The minimum atomic E-state index is -0.200. The maximum absolute atomic E-state index is 12.7. The average Bonchev–Trinajstić information content (AvgIpc) is 3.34. The summed E-state index contributed by atoms with van der Waals surface area (Å²) in [5.74, 6) is -0.379. The summed E-state index contributed by atoms with van der Waals surface area (Å²) in [6.07, 6.45) is 3.47. The van der Waals surface area contributed by atoms with Gasteiger partial charge in [0.1, 0.15) is 12.7 Å². The molecule has 0 saturated heterocycles. The van der Waals surface area contributed by atoms with Crippen LogP contribution in [0.3, 0.4) is 0 Å². The maximum atomic E-state index is 12.7. The van der Waals surface area contributed by atoms with Gasteiger partial charge in [-0.3, -0.25) is 9.59 Å². The first-order valence-corrected chi connectivity index (χ1v) is 10.0. The lowest BCUT2D eigenvalue weighted by Gasteiger charge is -2.22. The Bertz CT molecular complexity index is 1030. The molecule has 0 saturated carbocycles. The number of aromatic nitrogens is 3. The van der Waals surface area contributed by atoms with Crippen molar-refractivity contribution in [2.75, 3.05) is 11.4 Å². The molecule has 0 radical (unpaired) electrons. The van der Waals surface area contributed by atoms with Crippen molar-refractivity contribution >= 4 is 17.5 Å². The number of nitriles is 1. The monoisotopic (exact) mass is 416 g/mol. The fourth-order valence-electron chi connectivity index (χ4n) is 3.18. The SMILES string of the molecule is CC(NC(=O)CCC(=O)N(CCC#N)c1ccccc1)c1ccc(-n2cncn2)cc1. The number of benzene rings is 2. The molecule has 158 valence electrons. The summed E-state index contributed by atoms with van der Waals surface area (Å²) in [4.78, 5) is 30.6. The number of carbonyl (C=O) groups excluding carboxylic acids is 2. The van der Waals surface area contributed by atoms with Crippen LogP contribution < -0.4 is 10.2 Å². The van der Waals surface area contributed by atoms with Gasteiger partial charge in [0.25, 0.3) is 0 Å². The van der Waals surface area contributed by atoms with Gasteiger partial charge < -0.3 is 10.2 Å². The second kappa shape index (κ2) is 10.7. The zero-order chi connectivity index (χ0) is 22.1. The molecule has 0 fully saturated rings. The molecule has 8 heteroatoms. The van der Waals surface area contributed by atoms with Crippen LogP contribution in [-0.2, 0) is 9.59 Å². The summed E-state index contributed by atoms with van der Waals surface area (Å²) in [6, 6.07) is 18.7. The summed E-state index contributed by atoms with van der Waals surface area (Å²) in [6.45, 7) is 2.20. The summed E-state index contributed by atoms with van der Waals surface area (Å²) in [7, 11) is 0. The van der Waals surface area contributed by atoms with Gasteiger partial charge in [0, 0.05) is 25.1 Å². The highest BCUT2D eigenvalue weighted by atomic mass is 16.2. The van der Waals surface area contributed by atoms with E-state index in [0.717, 1.165) is 16.9 Å². The molecule has 8 nitrogen and oxygen atoms in total. The van der Waals surface area contributed by atoms with Gasteiger partial charge in [-0.15, -0.1) is 0 Å². The third-order valence-electron chi connectivity index (χ3n) is 4.84. The van der Waals surface area contributed by atoms with Crippen LogP contribution in [0.5, 0.6) is 0 Å². The minimum Gasteiger partial charge on any atom is -0.350 e. The van der Waals surface area contributed by atoms with Crippen molar-refractivity contribution < 1.29 is 9.59 Å². The molecule has 0 spiro atoms. The topological polar surface area (TPSA) is 104 Å². The van der Waals surface area contributed by atoms with Gasteiger partial charge in [0.2, 0.25) is 11.8 Å². The Labute approximate surface area is 181 Å². The molecule has 1 heterocycles. The first-order chi connectivity index (χ1) is 15.1. The smallest absolute Gasteiger partial charge is 0.227 e. The van der Waals surface area contributed by atoms with E-state index >= 15 is 0 Å². The van der Waals surface area contributed by atoms with Gasteiger partial charge in [-0.1, -0.05) is 30.3 Å². The minimum absolute atomic E-state index is 0.0735. The van der Waals surface area contributed by atoms with Crippen LogP contribution in [0.25, 0.3) is 5.69 Å². The number of rotatable bonds is 9. The second-order valence-electron chi connectivity index (χ2n) is 7.01. The predicted molar refractivity (Wildman–Crippen MR) is 116 cm³/mol. The average molecular weight is 416 g/mol. The van der Waals surface area contributed by atoms with Gasteiger partial charge in [-0.05, 0) is 36.8 Å². The Morgan fingerprint density at radius 2 is 1.87 bits per heavy atom. The molecule has 2 aromatic carbocycles. The van der Waals surface area contributed by atoms with Crippen molar-refractivity contribution in [1.82, 2.24) is 20.1 Å². The predicted octanol–water partition coefficient (Wildman–Crippen LogP) is 3.17. The highest BCUT2D eigenvalue weighted by molar-refractivity contribution is 5.95. The number of amides is 2. The molecule has 0 aliphatic rings. The summed E-state index contributed by atoms with van der Waals surface area (Å²) >= 11 is 0. The van der Waals surface area contributed by atoms with Gasteiger partial charge in [-0.25, -0.2) is 9.67 Å². The standard InChI is InChI=1S/C23H24N6O2/c1-18(19-8-10-21(11-9-19)29-17-25-16-26-29)27-22(30)12-13-23(31)28(15-5-14-24)20-6-3-2-4-7-20/h2-4,6-11,16-18H,5,12-13,15H2,1H3,(H,27,30). The quantitative estimate of drug-likeness (QED) is 0.577. The Balaban J connectivity index is 1.53. The van der Waals surface area contributed by atoms with Gasteiger partial charge in [0.05, 0.1) is 24.2 Å². The van der Waals surface area contributed by atoms with Crippen LogP contribution in [0.15, 0.2) is 67.3 Å². The van der Waals surface area contributed by atoms with Gasteiger partial charge >= 0.3 is 0 Å². The molecule has 0 aliphatic carbocycles.